The Morgan fingerprint density at radius 1 is 1.36 bits per heavy atom. The Kier molecular flexibility index (Phi) is 6.48. The summed E-state index contributed by atoms with van der Waals surface area (Å²) < 4.78 is 21.7. The average molecular weight is 309 g/mol. The molecule has 22 heavy (non-hydrogen) atoms. The zero-order valence-corrected chi connectivity index (χ0v) is 13.1. The van der Waals surface area contributed by atoms with Crippen LogP contribution in [0.5, 0.6) is 11.5 Å². The first kappa shape index (κ1) is 16.6. The van der Waals surface area contributed by atoms with Gasteiger partial charge < -0.3 is 18.9 Å². The lowest BCUT2D eigenvalue weighted by Crippen LogP contribution is -2.47. The molecule has 1 fully saturated rings. The maximum atomic E-state index is 11.5. The van der Waals surface area contributed by atoms with Crippen molar-refractivity contribution in [2.75, 3.05) is 46.6 Å². The van der Waals surface area contributed by atoms with Crippen molar-refractivity contribution >= 4 is 5.97 Å². The van der Waals surface area contributed by atoms with E-state index in [0.717, 1.165) is 6.54 Å². The number of esters is 1. The zero-order chi connectivity index (χ0) is 15.8. The highest BCUT2D eigenvalue weighted by atomic mass is 16.5. The second kappa shape index (κ2) is 8.60. The van der Waals surface area contributed by atoms with Crippen molar-refractivity contribution in [1.29, 1.82) is 0 Å². The molecule has 1 saturated heterocycles. The second-order valence-corrected chi connectivity index (χ2v) is 4.99. The zero-order valence-electron chi connectivity index (χ0n) is 13.1. The third kappa shape index (κ3) is 4.89. The lowest BCUT2D eigenvalue weighted by molar-refractivity contribution is -0.146. The number of rotatable bonds is 7. The Bertz CT molecular complexity index is 479. The van der Waals surface area contributed by atoms with Gasteiger partial charge in [0.25, 0.3) is 0 Å². The van der Waals surface area contributed by atoms with E-state index in [9.17, 15) is 4.79 Å². The number of carbonyl (C=O) groups is 1. The quantitative estimate of drug-likeness (QED) is 0.709. The minimum atomic E-state index is -0.200. The number of ether oxygens (including phenoxy) is 4. The molecule has 0 saturated carbocycles. The molecule has 1 atom stereocenters. The average Bonchev–Trinajstić information content (AvgIpc) is 2.53. The third-order valence-electron chi connectivity index (χ3n) is 3.37. The van der Waals surface area contributed by atoms with Gasteiger partial charge in [-0.25, -0.2) is 0 Å². The summed E-state index contributed by atoms with van der Waals surface area (Å²) in [6, 6.07) is 7.50. The number of nitrogens with zero attached hydrogens (tertiary/aromatic N) is 1. The maximum absolute atomic E-state index is 11.5. The van der Waals surface area contributed by atoms with Crippen LogP contribution < -0.4 is 9.47 Å². The van der Waals surface area contributed by atoms with Crippen molar-refractivity contribution in [3.8, 4) is 11.5 Å². The van der Waals surface area contributed by atoms with Crippen LogP contribution in [0.4, 0.5) is 0 Å². The fourth-order valence-electron chi connectivity index (χ4n) is 2.33. The summed E-state index contributed by atoms with van der Waals surface area (Å²) in [6.45, 7) is 4.88. The highest BCUT2D eigenvalue weighted by molar-refractivity contribution is 5.71. The van der Waals surface area contributed by atoms with Crippen LogP contribution >= 0.6 is 0 Å². The Morgan fingerprint density at radius 2 is 2.14 bits per heavy atom. The fraction of sp³-hybridized carbons (Fsp3) is 0.562. The molecule has 1 aromatic carbocycles. The van der Waals surface area contributed by atoms with Crippen LogP contribution in [0.25, 0.3) is 0 Å². The van der Waals surface area contributed by atoms with E-state index < -0.39 is 0 Å². The van der Waals surface area contributed by atoms with E-state index >= 15 is 0 Å². The van der Waals surface area contributed by atoms with Crippen molar-refractivity contribution in [1.82, 2.24) is 4.90 Å². The van der Waals surface area contributed by atoms with Crippen molar-refractivity contribution in [2.45, 2.75) is 13.0 Å². The van der Waals surface area contributed by atoms with Crippen LogP contribution in [0.3, 0.4) is 0 Å². The summed E-state index contributed by atoms with van der Waals surface area (Å²) in [5.41, 5.74) is 0. The highest BCUT2D eigenvalue weighted by Gasteiger charge is 2.23. The second-order valence-electron chi connectivity index (χ2n) is 4.99. The topological polar surface area (TPSA) is 57.2 Å². The van der Waals surface area contributed by atoms with Gasteiger partial charge in [-0.2, -0.15) is 0 Å². The number of hydrogen-bond acceptors (Lipinski definition) is 6. The highest BCUT2D eigenvalue weighted by Crippen LogP contribution is 2.26. The van der Waals surface area contributed by atoms with E-state index in [1.807, 2.05) is 29.2 Å². The molecule has 0 aromatic heterocycles. The van der Waals surface area contributed by atoms with Gasteiger partial charge >= 0.3 is 5.97 Å². The standard InChI is InChI=1S/C16H23NO5/c1-3-20-16(18)11-17-8-9-21-13(10-17)12-22-15-7-5-4-6-14(15)19-2/h4-7,13H,3,8-12H2,1-2H3/t13-/m1/s1. The van der Waals surface area contributed by atoms with Crippen molar-refractivity contribution in [3.05, 3.63) is 24.3 Å². The van der Waals surface area contributed by atoms with Gasteiger partial charge in [-0.05, 0) is 19.1 Å². The Morgan fingerprint density at radius 3 is 2.86 bits per heavy atom. The van der Waals surface area contributed by atoms with Crippen LogP contribution in [0.1, 0.15) is 6.92 Å². The molecule has 0 spiro atoms. The van der Waals surface area contributed by atoms with Gasteiger partial charge in [-0.15, -0.1) is 0 Å². The number of para-hydroxylation sites is 2. The Hall–Kier alpha value is -1.79. The molecule has 1 aliphatic rings. The van der Waals surface area contributed by atoms with Gasteiger partial charge in [-0.1, -0.05) is 12.1 Å². The van der Waals surface area contributed by atoms with Gasteiger partial charge in [0.1, 0.15) is 12.7 Å². The van der Waals surface area contributed by atoms with Gasteiger partial charge in [-0.3, -0.25) is 9.69 Å². The molecule has 0 radical (unpaired) electrons. The van der Waals surface area contributed by atoms with E-state index in [0.29, 0.717) is 44.4 Å². The Balaban J connectivity index is 1.81. The first-order chi connectivity index (χ1) is 10.7. The molecule has 2 rings (SSSR count). The lowest BCUT2D eigenvalue weighted by atomic mass is 10.2. The summed E-state index contributed by atoms with van der Waals surface area (Å²) in [4.78, 5) is 13.6. The molecule has 1 aromatic rings. The van der Waals surface area contributed by atoms with Crippen molar-refractivity contribution in [2.24, 2.45) is 0 Å². The summed E-state index contributed by atoms with van der Waals surface area (Å²) in [6.07, 6.45) is -0.0758. The smallest absolute Gasteiger partial charge is 0.320 e. The monoisotopic (exact) mass is 309 g/mol. The maximum Gasteiger partial charge on any atom is 0.320 e. The first-order valence-corrected chi connectivity index (χ1v) is 7.48. The molecule has 1 heterocycles. The number of morpholine rings is 1. The minimum absolute atomic E-state index is 0.0758. The van der Waals surface area contributed by atoms with Gasteiger partial charge in [0.05, 0.1) is 26.9 Å². The largest absolute Gasteiger partial charge is 0.493 e. The predicted octanol–water partition coefficient (Wildman–Crippen LogP) is 1.34. The number of benzene rings is 1. The molecular formula is C16H23NO5. The molecule has 6 heteroatoms. The van der Waals surface area contributed by atoms with Crippen LogP contribution in [0, 0.1) is 0 Å². The van der Waals surface area contributed by atoms with Gasteiger partial charge in [0.2, 0.25) is 0 Å². The summed E-state index contributed by atoms with van der Waals surface area (Å²) >= 11 is 0. The lowest BCUT2D eigenvalue weighted by Gasteiger charge is -2.32. The van der Waals surface area contributed by atoms with E-state index in [1.165, 1.54) is 0 Å². The molecule has 0 unspecified atom stereocenters. The number of methoxy groups -OCH3 is 1. The molecule has 1 aliphatic heterocycles. The van der Waals surface area contributed by atoms with E-state index in [1.54, 1.807) is 14.0 Å². The number of carbonyl (C=O) groups excluding carboxylic acids is 1. The molecule has 6 nitrogen and oxygen atoms in total. The summed E-state index contributed by atoms with van der Waals surface area (Å²) in [5.74, 6) is 1.19. The van der Waals surface area contributed by atoms with E-state index in [2.05, 4.69) is 0 Å². The minimum Gasteiger partial charge on any atom is -0.493 e. The Labute approximate surface area is 130 Å². The normalized spacial score (nSPS) is 18.7. The van der Waals surface area contributed by atoms with Crippen molar-refractivity contribution in [3.63, 3.8) is 0 Å². The molecule has 122 valence electrons. The third-order valence-corrected chi connectivity index (χ3v) is 3.37. The van der Waals surface area contributed by atoms with Gasteiger partial charge in [0, 0.05) is 13.1 Å². The first-order valence-electron chi connectivity index (χ1n) is 7.48. The van der Waals surface area contributed by atoms with E-state index in [4.69, 9.17) is 18.9 Å². The number of hydrogen-bond donors (Lipinski definition) is 0. The summed E-state index contributed by atoms with van der Waals surface area (Å²) in [7, 11) is 1.61. The molecule has 0 N–H and O–H groups in total. The summed E-state index contributed by atoms with van der Waals surface area (Å²) in [5, 5.41) is 0. The van der Waals surface area contributed by atoms with Gasteiger partial charge in [0.15, 0.2) is 11.5 Å². The SMILES string of the molecule is CCOC(=O)CN1CCO[C@@H](COc2ccccc2OC)C1. The fourth-order valence-corrected chi connectivity index (χ4v) is 2.33. The van der Waals surface area contributed by atoms with Crippen LogP contribution in [0.15, 0.2) is 24.3 Å². The molecule has 0 bridgehead atoms. The molecule has 0 amide bonds. The van der Waals surface area contributed by atoms with Crippen molar-refractivity contribution < 1.29 is 23.7 Å². The van der Waals surface area contributed by atoms with Crippen LogP contribution in [-0.4, -0.2) is 63.5 Å². The molecular weight excluding hydrogens is 286 g/mol. The molecule has 0 aliphatic carbocycles. The predicted molar refractivity (Wildman–Crippen MR) is 81.3 cm³/mol. The van der Waals surface area contributed by atoms with E-state index in [-0.39, 0.29) is 12.1 Å². The van der Waals surface area contributed by atoms with Crippen LogP contribution in [0.2, 0.25) is 0 Å². The van der Waals surface area contributed by atoms with Crippen LogP contribution in [-0.2, 0) is 14.3 Å².